The molecule has 0 radical (unpaired) electrons. The molecule has 32 heavy (non-hydrogen) atoms. The Kier molecular flexibility index (Phi) is 5.33. The Bertz CT molecular complexity index is 1140. The average Bonchev–Trinajstić information content (AvgIpc) is 3.28. The van der Waals surface area contributed by atoms with Crippen LogP contribution in [0.5, 0.6) is 0 Å². The van der Waals surface area contributed by atoms with Crippen LogP contribution in [0, 0.1) is 36.2 Å². The molecule has 4 atom stereocenters. The van der Waals surface area contributed by atoms with Crippen LogP contribution in [0.2, 0.25) is 0 Å². The number of rotatable bonds is 4. The number of nitrogens with two attached hydrogens (primary N) is 1. The highest BCUT2D eigenvalue weighted by atomic mass is 19.2. The van der Waals surface area contributed by atoms with Gasteiger partial charge in [-0.05, 0) is 61.9 Å². The van der Waals surface area contributed by atoms with E-state index in [1.807, 2.05) is 25.1 Å². The number of halogens is 3. The smallest absolute Gasteiger partial charge is 0.168 e. The van der Waals surface area contributed by atoms with E-state index in [0.717, 1.165) is 43.3 Å². The normalized spacial score (nSPS) is 24.7. The van der Waals surface area contributed by atoms with Crippen molar-refractivity contribution in [3.05, 3.63) is 71.3 Å². The summed E-state index contributed by atoms with van der Waals surface area (Å²) in [4.78, 5) is 6.90. The molecule has 0 amide bonds. The van der Waals surface area contributed by atoms with E-state index < -0.39 is 17.5 Å². The van der Waals surface area contributed by atoms with Crippen molar-refractivity contribution in [2.75, 3.05) is 11.4 Å². The SMILES string of the molecule is Cc1cccc(C[C@H]2[C@H]3C[C@@H](N)C[C@@H]3CN2c2ccc(-c3cc(F)cc(F)c3F)nn2)n1. The maximum absolute atomic E-state index is 14.2. The number of nitrogens with zero attached hydrogens (tertiary/aromatic N) is 4. The highest BCUT2D eigenvalue weighted by Gasteiger charge is 2.47. The molecule has 1 saturated carbocycles. The number of aryl methyl sites for hydroxylation is 1. The van der Waals surface area contributed by atoms with Gasteiger partial charge < -0.3 is 10.6 Å². The van der Waals surface area contributed by atoms with Crippen LogP contribution < -0.4 is 10.6 Å². The zero-order valence-corrected chi connectivity index (χ0v) is 17.7. The lowest BCUT2D eigenvalue weighted by Gasteiger charge is -2.29. The van der Waals surface area contributed by atoms with E-state index in [9.17, 15) is 13.2 Å². The van der Waals surface area contributed by atoms with Gasteiger partial charge in [0.15, 0.2) is 17.5 Å². The molecule has 1 aromatic carbocycles. The van der Waals surface area contributed by atoms with Crippen molar-refractivity contribution >= 4 is 5.82 Å². The number of fused-ring (bicyclic) bond motifs is 1. The van der Waals surface area contributed by atoms with Crippen LogP contribution in [-0.4, -0.2) is 33.8 Å². The standard InChI is InChI=1S/C24H24F3N5/c1-13-3-2-4-17(29-13)11-22-18-10-16(28)7-14(18)12-32(22)23-6-5-21(30-31-23)19-8-15(25)9-20(26)24(19)27/h2-6,8-9,14,16,18,22H,7,10-12,28H2,1H3/t14-,16+,18+,22+/m1/s1. The van der Waals surface area contributed by atoms with Crippen molar-refractivity contribution in [2.24, 2.45) is 17.6 Å². The first-order valence-corrected chi connectivity index (χ1v) is 10.8. The summed E-state index contributed by atoms with van der Waals surface area (Å²) in [5.41, 5.74) is 8.08. The number of hydrogen-bond donors (Lipinski definition) is 1. The van der Waals surface area contributed by atoms with E-state index in [2.05, 4.69) is 20.1 Å². The van der Waals surface area contributed by atoms with Crippen molar-refractivity contribution in [1.29, 1.82) is 0 Å². The van der Waals surface area contributed by atoms with Crippen LogP contribution in [0.15, 0.2) is 42.5 Å². The van der Waals surface area contributed by atoms with Gasteiger partial charge in [-0.3, -0.25) is 4.98 Å². The van der Waals surface area contributed by atoms with Gasteiger partial charge in [-0.15, -0.1) is 10.2 Å². The molecule has 1 saturated heterocycles. The summed E-state index contributed by atoms with van der Waals surface area (Å²) in [6, 6.07) is 11.1. The molecule has 5 nitrogen and oxygen atoms in total. The second-order valence-electron chi connectivity index (χ2n) is 8.88. The highest BCUT2D eigenvalue weighted by molar-refractivity contribution is 5.61. The molecular formula is C24H24F3N5. The van der Waals surface area contributed by atoms with Gasteiger partial charge in [-0.25, -0.2) is 13.2 Å². The van der Waals surface area contributed by atoms with E-state index >= 15 is 0 Å². The maximum atomic E-state index is 14.2. The third kappa shape index (κ3) is 3.83. The molecule has 2 aliphatic rings. The second-order valence-corrected chi connectivity index (χ2v) is 8.88. The van der Waals surface area contributed by atoms with Crippen LogP contribution in [-0.2, 0) is 6.42 Å². The molecule has 2 aromatic heterocycles. The van der Waals surface area contributed by atoms with Crippen LogP contribution in [0.1, 0.15) is 24.2 Å². The fraction of sp³-hybridized carbons (Fsp3) is 0.375. The Labute approximate surface area is 184 Å². The molecule has 8 heteroatoms. The molecule has 0 bridgehead atoms. The highest BCUT2D eigenvalue weighted by Crippen LogP contribution is 2.44. The molecule has 0 unspecified atom stereocenters. The summed E-state index contributed by atoms with van der Waals surface area (Å²) < 4.78 is 41.4. The molecule has 0 spiro atoms. The molecule has 3 heterocycles. The summed E-state index contributed by atoms with van der Waals surface area (Å²) in [7, 11) is 0. The van der Waals surface area contributed by atoms with Crippen molar-refractivity contribution < 1.29 is 13.2 Å². The van der Waals surface area contributed by atoms with Crippen LogP contribution >= 0.6 is 0 Å². The molecule has 1 aliphatic carbocycles. The topological polar surface area (TPSA) is 67.9 Å². The van der Waals surface area contributed by atoms with Gasteiger partial charge in [0.2, 0.25) is 0 Å². The zero-order chi connectivity index (χ0) is 22.4. The van der Waals surface area contributed by atoms with Crippen molar-refractivity contribution in [1.82, 2.24) is 15.2 Å². The Morgan fingerprint density at radius 2 is 1.91 bits per heavy atom. The summed E-state index contributed by atoms with van der Waals surface area (Å²) in [6.07, 6.45) is 2.69. The van der Waals surface area contributed by atoms with E-state index in [4.69, 9.17) is 5.73 Å². The zero-order valence-electron chi connectivity index (χ0n) is 17.7. The molecule has 3 aromatic rings. The summed E-state index contributed by atoms with van der Waals surface area (Å²) >= 11 is 0. The number of pyridine rings is 1. The fourth-order valence-electron chi connectivity index (χ4n) is 5.32. The first kappa shape index (κ1) is 20.9. The van der Waals surface area contributed by atoms with Crippen LogP contribution in [0.25, 0.3) is 11.3 Å². The maximum Gasteiger partial charge on any atom is 0.168 e. The van der Waals surface area contributed by atoms with Crippen molar-refractivity contribution in [3.63, 3.8) is 0 Å². The third-order valence-electron chi connectivity index (χ3n) is 6.69. The predicted octanol–water partition coefficient (Wildman–Crippen LogP) is 4.05. The van der Waals surface area contributed by atoms with Crippen LogP contribution in [0.3, 0.4) is 0 Å². The summed E-state index contributed by atoms with van der Waals surface area (Å²) in [6.45, 7) is 2.79. The Hall–Kier alpha value is -3.00. The van der Waals surface area contributed by atoms with E-state index in [0.29, 0.717) is 23.7 Å². The molecule has 2 N–H and O–H groups in total. The first-order valence-electron chi connectivity index (χ1n) is 10.8. The largest absolute Gasteiger partial charge is 0.351 e. The van der Waals surface area contributed by atoms with Crippen LogP contribution in [0.4, 0.5) is 19.0 Å². The number of benzene rings is 1. The minimum absolute atomic E-state index is 0.0861. The first-order chi connectivity index (χ1) is 15.4. The van der Waals surface area contributed by atoms with Gasteiger partial charge >= 0.3 is 0 Å². The van der Waals surface area contributed by atoms with E-state index in [1.165, 1.54) is 0 Å². The van der Waals surface area contributed by atoms with Gasteiger partial charge in [0.05, 0.1) is 5.69 Å². The lowest BCUT2D eigenvalue weighted by molar-refractivity contribution is 0.415. The van der Waals surface area contributed by atoms with E-state index in [1.54, 1.807) is 12.1 Å². The Morgan fingerprint density at radius 1 is 1.06 bits per heavy atom. The summed E-state index contributed by atoms with van der Waals surface area (Å²) in [5, 5.41) is 8.40. The lowest BCUT2D eigenvalue weighted by Crippen LogP contribution is -2.37. The molecule has 2 fully saturated rings. The van der Waals surface area contributed by atoms with Gasteiger partial charge in [-0.2, -0.15) is 0 Å². The Balaban J connectivity index is 1.45. The molecule has 166 valence electrons. The van der Waals surface area contributed by atoms with Gasteiger partial charge in [-0.1, -0.05) is 6.07 Å². The minimum atomic E-state index is -1.25. The van der Waals surface area contributed by atoms with Crippen molar-refractivity contribution in [3.8, 4) is 11.3 Å². The second kappa shape index (κ2) is 8.16. The van der Waals surface area contributed by atoms with Crippen molar-refractivity contribution in [2.45, 2.75) is 38.3 Å². The predicted molar refractivity (Wildman–Crippen MR) is 115 cm³/mol. The van der Waals surface area contributed by atoms with E-state index in [-0.39, 0.29) is 23.3 Å². The molecular weight excluding hydrogens is 415 g/mol. The number of aromatic nitrogens is 3. The van der Waals surface area contributed by atoms with Gasteiger partial charge in [0.1, 0.15) is 5.82 Å². The lowest BCUT2D eigenvalue weighted by atomic mass is 9.91. The quantitative estimate of drug-likeness (QED) is 0.622. The number of hydrogen-bond acceptors (Lipinski definition) is 5. The fourth-order valence-corrected chi connectivity index (χ4v) is 5.32. The third-order valence-corrected chi connectivity index (χ3v) is 6.69. The number of anilines is 1. The average molecular weight is 439 g/mol. The van der Waals surface area contributed by atoms with Gasteiger partial charge in [0.25, 0.3) is 0 Å². The van der Waals surface area contributed by atoms with Gasteiger partial charge in [0, 0.05) is 48.1 Å². The molecule has 5 rings (SSSR count). The summed E-state index contributed by atoms with van der Waals surface area (Å²) in [5.74, 6) is -1.69. The monoisotopic (exact) mass is 439 g/mol. The molecule has 1 aliphatic heterocycles. The minimum Gasteiger partial charge on any atom is -0.351 e. The Morgan fingerprint density at radius 3 is 2.66 bits per heavy atom.